The lowest BCUT2D eigenvalue weighted by Crippen LogP contribution is -2.22. The molecule has 0 unspecified atom stereocenters. The van der Waals surface area contributed by atoms with Gasteiger partial charge >= 0.3 is 0 Å². The molecule has 1 amide bonds. The SMILES string of the molecule is Cc1nc(CC(C)C)sc1C(=O)NCc1ccc2c(c1)OCO2. The maximum atomic E-state index is 12.4. The number of amides is 1. The number of carbonyl (C=O) groups excluding carboxylic acids is 1. The number of fused-ring (bicyclic) bond motifs is 1. The molecular weight excluding hydrogens is 312 g/mol. The van der Waals surface area contributed by atoms with E-state index in [-0.39, 0.29) is 12.7 Å². The second kappa shape index (κ2) is 6.58. The number of hydrogen-bond donors (Lipinski definition) is 1. The van der Waals surface area contributed by atoms with Gasteiger partial charge in [0, 0.05) is 13.0 Å². The normalized spacial score (nSPS) is 12.7. The quantitative estimate of drug-likeness (QED) is 0.912. The summed E-state index contributed by atoms with van der Waals surface area (Å²) in [6, 6.07) is 5.69. The van der Waals surface area contributed by atoms with E-state index in [2.05, 4.69) is 24.1 Å². The fraction of sp³-hybridized carbons (Fsp3) is 0.412. The number of thiazole rings is 1. The van der Waals surface area contributed by atoms with E-state index in [1.54, 1.807) is 0 Å². The molecule has 0 saturated heterocycles. The molecule has 0 atom stereocenters. The Morgan fingerprint density at radius 3 is 2.91 bits per heavy atom. The predicted molar refractivity (Wildman–Crippen MR) is 89.1 cm³/mol. The Bertz CT molecular complexity index is 725. The summed E-state index contributed by atoms with van der Waals surface area (Å²) in [7, 11) is 0. The smallest absolute Gasteiger partial charge is 0.263 e. The molecule has 2 aromatic rings. The lowest BCUT2D eigenvalue weighted by Gasteiger charge is -2.05. The Hall–Kier alpha value is -2.08. The van der Waals surface area contributed by atoms with Crippen LogP contribution in [0.5, 0.6) is 11.5 Å². The number of ether oxygens (including phenoxy) is 2. The molecule has 6 heteroatoms. The van der Waals surface area contributed by atoms with E-state index in [9.17, 15) is 4.79 Å². The molecule has 0 aliphatic carbocycles. The minimum absolute atomic E-state index is 0.0762. The zero-order valence-electron chi connectivity index (χ0n) is 13.5. The van der Waals surface area contributed by atoms with Gasteiger partial charge in [-0.25, -0.2) is 4.98 Å². The van der Waals surface area contributed by atoms with Crippen molar-refractivity contribution >= 4 is 17.2 Å². The number of nitrogens with one attached hydrogen (secondary N) is 1. The van der Waals surface area contributed by atoms with Crippen LogP contribution in [0.4, 0.5) is 0 Å². The summed E-state index contributed by atoms with van der Waals surface area (Å²) in [5.41, 5.74) is 1.78. The summed E-state index contributed by atoms with van der Waals surface area (Å²) in [5.74, 6) is 1.93. The van der Waals surface area contributed by atoms with E-state index in [1.807, 2.05) is 25.1 Å². The van der Waals surface area contributed by atoms with E-state index >= 15 is 0 Å². The largest absolute Gasteiger partial charge is 0.454 e. The molecule has 0 fully saturated rings. The lowest BCUT2D eigenvalue weighted by atomic mass is 10.1. The fourth-order valence-electron chi connectivity index (χ4n) is 2.41. The lowest BCUT2D eigenvalue weighted by molar-refractivity contribution is 0.0954. The average Bonchev–Trinajstić information content (AvgIpc) is 3.10. The van der Waals surface area contributed by atoms with Gasteiger partial charge in [-0.3, -0.25) is 4.79 Å². The van der Waals surface area contributed by atoms with Crippen molar-refractivity contribution in [3.63, 3.8) is 0 Å². The fourth-order valence-corrected chi connectivity index (χ4v) is 3.61. The van der Waals surface area contributed by atoms with Gasteiger partial charge in [0.15, 0.2) is 11.5 Å². The minimum Gasteiger partial charge on any atom is -0.454 e. The topological polar surface area (TPSA) is 60.5 Å². The van der Waals surface area contributed by atoms with E-state index in [0.717, 1.165) is 34.2 Å². The van der Waals surface area contributed by atoms with Crippen molar-refractivity contribution in [1.82, 2.24) is 10.3 Å². The average molecular weight is 332 g/mol. The Labute approximate surface area is 139 Å². The summed E-state index contributed by atoms with van der Waals surface area (Å²) in [5, 5.41) is 3.97. The molecule has 0 bridgehead atoms. The highest BCUT2D eigenvalue weighted by Gasteiger charge is 2.17. The van der Waals surface area contributed by atoms with Gasteiger partial charge in [0.05, 0.1) is 10.7 Å². The van der Waals surface area contributed by atoms with Gasteiger partial charge in [-0.15, -0.1) is 11.3 Å². The predicted octanol–water partition coefficient (Wildman–Crippen LogP) is 3.31. The maximum Gasteiger partial charge on any atom is 0.263 e. The van der Waals surface area contributed by atoms with Gasteiger partial charge in [-0.2, -0.15) is 0 Å². The van der Waals surface area contributed by atoms with Crippen molar-refractivity contribution in [2.75, 3.05) is 6.79 Å². The van der Waals surface area contributed by atoms with Crippen LogP contribution in [0.2, 0.25) is 0 Å². The molecule has 1 aromatic heterocycles. The molecule has 23 heavy (non-hydrogen) atoms. The summed E-state index contributed by atoms with van der Waals surface area (Å²) in [6.07, 6.45) is 0.904. The third-order valence-electron chi connectivity index (χ3n) is 3.52. The van der Waals surface area contributed by atoms with Crippen LogP contribution in [0, 0.1) is 12.8 Å². The monoisotopic (exact) mass is 332 g/mol. The molecule has 2 heterocycles. The number of rotatable bonds is 5. The number of carbonyl (C=O) groups is 1. The molecule has 0 radical (unpaired) electrons. The molecule has 5 nitrogen and oxygen atoms in total. The van der Waals surface area contributed by atoms with Crippen molar-refractivity contribution in [3.8, 4) is 11.5 Å². The second-order valence-electron chi connectivity index (χ2n) is 5.99. The summed E-state index contributed by atoms with van der Waals surface area (Å²) in [4.78, 5) is 17.6. The highest BCUT2D eigenvalue weighted by molar-refractivity contribution is 7.13. The second-order valence-corrected chi connectivity index (χ2v) is 7.07. The van der Waals surface area contributed by atoms with Crippen LogP contribution in [0.3, 0.4) is 0 Å². The van der Waals surface area contributed by atoms with Crippen molar-refractivity contribution in [1.29, 1.82) is 0 Å². The number of aromatic nitrogens is 1. The van der Waals surface area contributed by atoms with Crippen LogP contribution >= 0.6 is 11.3 Å². The number of hydrogen-bond acceptors (Lipinski definition) is 5. The Morgan fingerprint density at radius 2 is 2.13 bits per heavy atom. The highest BCUT2D eigenvalue weighted by Crippen LogP contribution is 2.32. The van der Waals surface area contributed by atoms with Crippen LogP contribution in [-0.4, -0.2) is 17.7 Å². The van der Waals surface area contributed by atoms with Crippen molar-refractivity contribution in [2.45, 2.75) is 33.7 Å². The number of benzene rings is 1. The molecule has 1 N–H and O–H groups in total. The summed E-state index contributed by atoms with van der Waals surface area (Å²) < 4.78 is 10.6. The Balaban J connectivity index is 1.64. The van der Waals surface area contributed by atoms with Gasteiger partial charge in [-0.05, 0) is 30.5 Å². The van der Waals surface area contributed by atoms with E-state index in [0.29, 0.717) is 17.3 Å². The van der Waals surface area contributed by atoms with Crippen LogP contribution in [-0.2, 0) is 13.0 Å². The number of aryl methyl sites for hydroxylation is 1. The van der Waals surface area contributed by atoms with Crippen molar-refractivity contribution < 1.29 is 14.3 Å². The molecule has 1 aliphatic rings. The van der Waals surface area contributed by atoms with Crippen molar-refractivity contribution in [2.24, 2.45) is 5.92 Å². The Kier molecular flexibility index (Phi) is 4.52. The molecular formula is C17H20N2O3S. The van der Waals surface area contributed by atoms with Gasteiger partial charge in [-0.1, -0.05) is 19.9 Å². The van der Waals surface area contributed by atoms with Crippen LogP contribution < -0.4 is 14.8 Å². The minimum atomic E-state index is -0.0762. The maximum absolute atomic E-state index is 12.4. The molecule has 122 valence electrons. The van der Waals surface area contributed by atoms with Crippen LogP contribution in [0.25, 0.3) is 0 Å². The third kappa shape index (κ3) is 3.64. The third-order valence-corrected chi connectivity index (χ3v) is 4.70. The van der Waals surface area contributed by atoms with Crippen molar-refractivity contribution in [3.05, 3.63) is 39.3 Å². The molecule has 1 aromatic carbocycles. The summed E-state index contributed by atoms with van der Waals surface area (Å²) in [6.45, 7) is 6.89. The number of nitrogens with zero attached hydrogens (tertiary/aromatic N) is 1. The van der Waals surface area contributed by atoms with Gasteiger partial charge < -0.3 is 14.8 Å². The first-order chi connectivity index (χ1) is 11.0. The molecule has 0 spiro atoms. The van der Waals surface area contributed by atoms with Gasteiger partial charge in [0.2, 0.25) is 6.79 Å². The Morgan fingerprint density at radius 1 is 1.35 bits per heavy atom. The zero-order chi connectivity index (χ0) is 16.4. The first-order valence-electron chi connectivity index (χ1n) is 7.66. The van der Waals surface area contributed by atoms with E-state index < -0.39 is 0 Å². The van der Waals surface area contributed by atoms with E-state index in [1.165, 1.54) is 11.3 Å². The van der Waals surface area contributed by atoms with Crippen LogP contribution in [0.1, 0.15) is 39.8 Å². The molecule has 3 rings (SSSR count). The highest BCUT2D eigenvalue weighted by atomic mass is 32.1. The molecule has 0 saturated carbocycles. The van der Waals surface area contributed by atoms with Gasteiger partial charge in [0.25, 0.3) is 5.91 Å². The zero-order valence-corrected chi connectivity index (χ0v) is 14.3. The first kappa shape index (κ1) is 15.8. The first-order valence-corrected chi connectivity index (χ1v) is 8.47. The van der Waals surface area contributed by atoms with Crippen LogP contribution in [0.15, 0.2) is 18.2 Å². The van der Waals surface area contributed by atoms with E-state index in [4.69, 9.17) is 9.47 Å². The van der Waals surface area contributed by atoms with Gasteiger partial charge in [0.1, 0.15) is 4.88 Å². The standard InChI is InChI=1S/C17H20N2O3S/c1-10(2)6-15-19-11(3)16(23-15)17(20)18-8-12-4-5-13-14(7-12)22-9-21-13/h4-5,7,10H,6,8-9H2,1-3H3,(H,18,20). The molecule has 1 aliphatic heterocycles. The summed E-state index contributed by atoms with van der Waals surface area (Å²) >= 11 is 1.48.